The van der Waals surface area contributed by atoms with Crippen molar-refractivity contribution in [1.29, 1.82) is 0 Å². The summed E-state index contributed by atoms with van der Waals surface area (Å²) in [7, 11) is 0. The number of amides is 1. The van der Waals surface area contributed by atoms with Crippen molar-refractivity contribution in [3.8, 4) is 0 Å². The lowest BCUT2D eigenvalue weighted by Crippen LogP contribution is -2.42. The lowest BCUT2D eigenvalue weighted by molar-refractivity contribution is -0.142. The molecule has 2 rings (SSSR count). The number of aliphatic carboxylic acids is 1. The molecule has 0 saturated carbocycles. The van der Waals surface area contributed by atoms with E-state index in [1.54, 1.807) is 4.90 Å². The first kappa shape index (κ1) is 21.4. The number of hydrogen-bond acceptors (Lipinski definition) is 4. The third-order valence-electron chi connectivity index (χ3n) is 4.20. The molecular weight excluding hydrogens is 344 g/mol. The average Bonchev–Trinajstić information content (AvgIpc) is 3.02. The lowest BCUT2D eigenvalue weighted by Gasteiger charge is -2.20. The van der Waals surface area contributed by atoms with Crippen LogP contribution < -0.4 is 5.32 Å². The Labute approximate surface area is 154 Å². The SMILES string of the molecule is CCCOCc1ccccc1CNC(=O)CN1CCCC1C(=O)O.Cl. The van der Waals surface area contributed by atoms with Gasteiger partial charge < -0.3 is 15.2 Å². The molecule has 2 N–H and O–H groups in total. The number of ether oxygens (including phenoxy) is 1. The van der Waals surface area contributed by atoms with Gasteiger partial charge in [0, 0.05) is 13.2 Å². The number of benzene rings is 1. The van der Waals surface area contributed by atoms with Crippen molar-refractivity contribution in [2.24, 2.45) is 0 Å². The summed E-state index contributed by atoms with van der Waals surface area (Å²) in [6.45, 7) is 4.53. The number of carboxylic acid groups (broad SMARTS) is 1. The van der Waals surface area contributed by atoms with Gasteiger partial charge in [-0.3, -0.25) is 14.5 Å². The Balaban J connectivity index is 0.00000312. The van der Waals surface area contributed by atoms with Gasteiger partial charge in [0.1, 0.15) is 6.04 Å². The van der Waals surface area contributed by atoms with E-state index in [1.165, 1.54) is 0 Å². The number of nitrogens with one attached hydrogen (secondary N) is 1. The second kappa shape index (κ2) is 11.1. The normalized spacial score (nSPS) is 17.1. The number of nitrogens with zero attached hydrogens (tertiary/aromatic N) is 1. The molecule has 1 aliphatic rings. The zero-order valence-corrected chi connectivity index (χ0v) is 15.4. The molecule has 1 aromatic rings. The van der Waals surface area contributed by atoms with Gasteiger partial charge in [0.05, 0.1) is 13.2 Å². The van der Waals surface area contributed by atoms with Gasteiger partial charge in [-0.15, -0.1) is 12.4 Å². The van der Waals surface area contributed by atoms with Crippen LogP contribution in [0.25, 0.3) is 0 Å². The molecule has 0 spiro atoms. The summed E-state index contributed by atoms with van der Waals surface area (Å²) in [5.41, 5.74) is 2.09. The van der Waals surface area contributed by atoms with Gasteiger partial charge >= 0.3 is 5.97 Å². The molecule has 0 aromatic heterocycles. The van der Waals surface area contributed by atoms with Gasteiger partial charge in [0.15, 0.2) is 0 Å². The predicted molar refractivity (Wildman–Crippen MR) is 97.7 cm³/mol. The average molecular weight is 371 g/mol. The summed E-state index contributed by atoms with van der Waals surface area (Å²) >= 11 is 0. The number of carboxylic acids is 1. The largest absolute Gasteiger partial charge is 0.480 e. The highest BCUT2D eigenvalue weighted by atomic mass is 35.5. The molecule has 1 heterocycles. The molecule has 1 saturated heterocycles. The van der Waals surface area contributed by atoms with E-state index in [2.05, 4.69) is 12.2 Å². The number of likely N-dealkylation sites (tertiary alicyclic amines) is 1. The summed E-state index contributed by atoms with van der Waals surface area (Å²) < 4.78 is 5.58. The number of hydrogen-bond donors (Lipinski definition) is 2. The second-order valence-electron chi connectivity index (χ2n) is 6.06. The third-order valence-corrected chi connectivity index (χ3v) is 4.20. The highest BCUT2D eigenvalue weighted by molar-refractivity contribution is 5.85. The topological polar surface area (TPSA) is 78.9 Å². The van der Waals surface area contributed by atoms with E-state index in [4.69, 9.17) is 9.84 Å². The van der Waals surface area contributed by atoms with E-state index in [-0.39, 0.29) is 24.9 Å². The van der Waals surface area contributed by atoms with Gasteiger partial charge in [0.2, 0.25) is 5.91 Å². The van der Waals surface area contributed by atoms with Crippen LogP contribution in [0.15, 0.2) is 24.3 Å². The van der Waals surface area contributed by atoms with Crippen molar-refractivity contribution in [2.75, 3.05) is 19.7 Å². The van der Waals surface area contributed by atoms with Crippen molar-refractivity contribution in [1.82, 2.24) is 10.2 Å². The van der Waals surface area contributed by atoms with Crippen LogP contribution in [0.5, 0.6) is 0 Å². The van der Waals surface area contributed by atoms with Crippen LogP contribution in [0, 0.1) is 0 Å². The molecule has 1 aliphatic heterocycles. The molecule has 1 aromatic carbocycles. The van der Waals surface area contributed by atoms with E-state index in [9.17, 15) is 9.59 Å². The quantitative estimate of drug-likeness (QED) is 0.651. The smallest absolute Gasteiger partial charge is 0.320 e. The Kier molecular flexibility index (Phi) is 9.49. The monoisotopic (exact) mass is 370 g/mol. The fourth-order valence-corrected chi connectivity index (χ4v) is 2.93. The number of halogens is 1. The van der Waals surface area contributed by atoms with E-state index in [0.29, 0.717) is 32.7 Å². The fourth-order valence-electron chi connectivity index (χ4n) is 2.93. The van der Waals surface area contributed by atoms with Crippen LogP contribution >= 0.6 is 12.4 Å². The molecular formula is C18H27ClN2O4. The van der Waals surface area contributed by atoms with Gasteiger partial charge in [-0.2, -0.15) is 0 Å². The Morgan fingerprint density at radius 3 is 2.72 bits per heavy atom. The van der Waals surface area contributed by atoms with Crippen molar-refractivity contribution >= 4 is 24.3 Å². The van der Waals surface area contributed by atoms with Crippen LogP contribution in [-0.4, -0.2) is 47.6 Å². The maximum Gasteiger partial charge on any atom is 0.320 e. The van der Waals surface area contributed by atoms with Crippen LogP contribution in [0.3, 0.4) is 0 Å². The summed E-state index contributed by atoms with van der Waals surface area (Å²) in [4.78, 5) is 25.0. The molecule has 1 atom stereocenters. The van der Waals surface area contributed by atoms with Gasteiger partial charge in [0.25, 0.3) is 0 Å². The zero-order chi connectivity index (χ0) is 17.4. The van der Waals surface area contributed by atoms with Crippen LogP contribution in [0.4, 0.5) is 0 Å². The number of carbonyl (C=O) groups excluding carboxylic acids is 1. The Bertz CT molecular complexity index is 568. The van der Waals surface area contributed by atoms with Crippen LogP contribution in [0.2, 0.25) is 0 Å². The first-order chi connectivity index (χ1) is 11.6. The maximum atomic E-state index is 12.1. The minimum absolute atomic E-state index is 0. The second-order valence-corrected chi connectivity index (χ2v) is 6.06. The van der Waals surface area contributed by atoms with E-state index in [1.807, 2.05) is 24.3 Å². The standard InChI is InChI=1S/C18H26N2O4.ClH/c1-2-10-24-13-15-7-4-3-6-14(15)11-19-17(21)12-20-9-5-8-16(20)18(22)23;/h3-4,6-7,16H,2,5,8-13H2,1H3,(H,19,21)(H,22,23);1H. The predicted octanol–water partition coefficient (Wildman–Crippen LogP) is 2.20. The molecule has 25 heavy (non-hydrogen) atoms. The maximum absolute atomic E-state index is 12.1. The van der Waals surface area contributed by atoms with Gasteiger partial charge in [-0.1, -0.05) is 31.2 Å². The van der Waals surface area contributed by atoms with Crippen molar-refractivity contribution in [2.45, 2.75) is 45.4 Å². The van der Waals surface area contributed by atoms with E-state index in [0.717, 1.165) is 24.0 Å². The first-order valence-corrected chi connectivity index (χ1v) is 8.50. The third kappa shape index (κ3) is 6.65. The van der Waals surface area contributed by atoms with Gasteiger partial charge in [-0.05, 0) is 36.9 Å². The molecule has 7 heteroatoms. The number of rotatable bonds is 9. The molecule has 1 amide bonds. The molecule has 0 radical (unpaired) electrons. The highest BCUT2D eigenvalue weighted by Crippen LogP contribution is 2.16. The molecule has 6 nitrogen and oxygen atoms in total. The minimum atomic E-state index is -0.848. The summed E-state index contributed by atoms with van der Waals surface area (Å²) in [6.07, 6.45) is 2.40. The van der Waals surface area contributed by atoms with Crippen molar-refractivity contribution in [3.63, 3.8) is 0 Å². The molecule has 1 fully saturated rings. The number of carbonyl (C=O) groups is 2. The fraction of sp³-hybridized carbons (Fsp3) is 0.556. The molecule has 140 valence electrons. The highest BCUT2D eigenvalue weighted by Gasteiger charge is 2.31. The summed E-state index contributed by atoms with van der Waals surface area (Å²) in [5, 5.41) is 12.0. The molecule has 0 bridgehead atoms. The summed E-state index contributed by atoms with van der Waals surface area (Å²) in [5.74, 6) is -0.994. The zero-order valence-electron chi connectivity index (χ0n) is 14.6. The Hall–Kier alpha value is -1.63. The van der Waals surface area contributed by atoms with E-state index >= 15 is 0 Å². The minimum Gasteiger partial charge on any atom is -0.480 e. The first-order valence-electron chi connectivity index (χ1n) is 8.50. The van der Waals surface area contributed by atoms with E-state index < -0.39 is 12.0 Å². The lowest BCUT2D eigenvalue weighted by atomic mass is 10.1. The van der Waals surface area contributed by atoms with Crippen LogP contribution in [0.1, 0.15) is 37.3 Å². The summed E-state index contributed by atoms with van der Waals surface area (Å²) in [6, 6.07) is 7.33. The Morgan fingerprint density at radius 1 is 1.32 bits per heavy atom. The van der Waals surface area contributed by atoms with Crippen molar-refractivity contribution in [3.05, 3.63) is 35.4 Å². The molecule has 0 aliphatic carbocycles. The van der Waals surface area contributed by atoms with Crippen molar-refractivity contribution < 1.29 is 19.4 Å². The van der Waals surface area contributed by atoms with Crippen LogP contribution in [-0.2, 0) is 27.5 Å². The Morgan fingerprint density at radius 2 is 2.04 bits per heavy atom. The van der Waals surface area contributed by atoms with Gasteiger partial charge in [-0.25, -0.2) is 0 Å². The molecule has 1 unspecified atom stereocenters.